The fraction of sp³-hybridized carbons (Fsp3) is 0.885. The van der Waals surface area contributed by atoms with Crippen LogP contribution in [0.1, 0.15) is 309 Å². The lowest BCUT2D eigenvalue weighted by atomic mass is 9.96. The van der Waals surface area contributed by atoms with E-state index in [0.717, 1.165) is 57.8 Å². The van der Waals surface area contributed by atoms with E-state index in [0.29, 0.717) is 6.42 Å². The summed E-state index contributed by atoms with van der Waals surface area (Å²) >= 11 is 0. The summed E-state index contributed by atoms with van der Waals surface area (Å²) in [5, 5.41) is 121. The molecule has 3 rings (SSSR count). The number of aliphatic hydroxyl groups is 11. The maximum absolute atomic E-state index is 13.5. The molecule has 3 aliphatic heterocycles. The average molecular weight is 1380 g/mol. The molecule has 3 aliphatic rings. The molecule has 1 amide bonds. The van der Waals surface area contributed by atoms with Gasteiger partial charge in [-0.2, -0.15) is 0 Å². The van der Waals surface area contributed by atoms with Crippen LogP contribution in [0, 0.1) is 0 Å². The van der Waals surface area contributed by atoms with Gasteiger partial charge in [-0.05, 0) is 57.8 Å². The second kappa shape index (κ2) is 59.2. The highest BCUT2D eigenvalue weighted by Crippen LogP contribution is 2.33. The number of ether oxygens (including phenoxy) is 6. The molecular formula is C78H143NO18. The minimum absolute atomic E-state index is 0.246. The number of nitrogens with one attached hydrogen (secondary N) is 1. The molecule has 3 heterocycles. The smallest absolute Gasteiger partial charge is 0.220 e. The summed E-state index contributed by atoms with van der Waals surface area (Å²) < 4.78 is 34.4. The van der Waals surface area contributed by atoms with Gasteiger partial charge in [0.05, 0.1) is 38.6 Å². The van der Waals surface area contributed by atoms with Crippen molar-refractivity contribution < 1.29 is 89.4 Å². The summed E-state index contributed by atoms with van der Waals surface area (Å²) in [6.45, 7) is 1.75. The number of rotatable bonds is 62. The average Bonchev–Trinajstić information content (AvgIpc) is 0.792. The van der Waals surface area contributed by atoms with Crippen molar-refractivity contribution >= 4 is 5.91 Å². The Morgan fingerprint density at radius 1 is 0.371 bits per heavy atom. The van der Waals surface area contributed by atoms with Gasteiger partial charge in [-0.15, -0.1) is 0 Å². The summed E-state index contributed by atoms with van der Waals surface area (Å²) in [7, 11) is 0. The third kappa shape index (κ3) is 39.8. The number of carbonyl (C=O) groups is 1. The van der Waals surface area contributed by atoms with Crippen LogP contribution in [-0.2, 0) is 33.2 Å². The Balaban J connectivity index is 1.34. The van der Waals surface area contributed by atoms with Crippen LogP contribution in [0.2, 0.25) is 0 Å². The van der Waals surface area contributed by atoms with Crippen molar-refractivity contribution in [3.05, 3.63) is 48.6 Å². The Labute approximate surface area is 586 Å². The van der Waals surface area contributed by atoms with Crippen LogP contribution in [0.3, 0.4) is 0 Å². The third-order valence-electron chi connectivity index (χ3n) is 19.6. The standard InChI is InChI=1S/C78H143NO18/c1-3-5-7-9-11-13-15-17-19-21-22-23-24-25-26-27-28-29-30-31-32-33-34-35-36-37-38-40-42-44-46-48-50-52-54-56-66(84)79-61(62(83)55-53-51-49-47-45-43-41-39-20-18-16-14-12-10-8-6-4-2)60-92-76-72(90)69(87)74(64(58-81)94-76)97-78-73(91)70(88)75(65(59-82)95-78)96-77-71(89)68(86)67(85)63(57-80)93-77/h15,17,21-22,24-25,53,55,61-65,67-78,80-83,85-91H,3-14,16,18-20,23,26-52,54,56-60H2,1-2H3,(H,79,84)/b17-15-,22-21-,25-24-,55-53+. The van der Waals surface area contributed by atoms with Gasteiger partial charge in [0, 0.05) is 6.42 Å². The van der Waals surface area contributed by atoms with Gasteiger partial charge in [0.25, 0.3) is 0 Å². The van der Waals surface area contributed by atoms with E-state index >= 15 is 0 Å². The van der Waals surface area contributed by atoms with Crippen LogP contribution in [0.5, 0.6) is 0 Å². The van der Waals surface area contributed by atoms with E-state index in [1.54, 1.807) is 6.08 Å². The molecule has 19 nitrogen and oxygen atoms in total. The summed E-state index contributed by atoms with van der Waals surface area (Å²) in [4.78, 5) is 13.5. The minimum Gasteiger partial charge on any atom is -0.394 e. The van der Waals surface area contributed by atoms with Crippen molar-refractivity contribution in [2.24, 2.45) is 0 Å². The molecule has 568 valence electrons. The lowest BCUT2D eigenvalue weighted by molar-refractivity contribution is -0.379. The molecule has 3 fully saturated rings. The first-order chi connectivity index (χ1) is 47.3. The predicted octanol–water partition coefficient (Wildman–Crippen LogP) is 12.5. The van der Waals surface area contributed by atoms with Crippen molar-refractivity contribution in [2.45, 2.75) is 413 Å². The lowest BCUT2D eigenvalue weighted by Gasteiger charge is -2.48. The molecule has 17 unspecified atom stereocenters. The van der Waals surface area contributed by atoms with Gasteiger partial charge in [-0.1, -0.05) is 294 Å². The monoisotopic (exact) mass is 1380 g/mol. The highest BCUT2D eigenvalue weighted by Gasteiger charge is 2.53. The quantitative estimate of drug-likeness (QED) is 0.0199. The molecule has 0 bridgehead atoms. The molecule has 0 spiro atoms. The van der Waals surface area contributed by atoms with E-state index < -0.39 is 124 Å². The van der Waals surface area contributed by atoms with Crippen LogP contribution in [0.4, 0.5) is 0 Å². The molecule has 17 atom stereocenters. The van der Waals surface area contributed by atoms with Crippen molar-refractivity contribution in [2.75, 3.05) is 26.4 Å². The highest BCUT2D eigenvalue weighted by molar-refractivity contribution is 5.76. The molecule has 0 aromatic carbocycles. The highest BCUT2D eigenvalue weighted by atomic mass is 16.8. The fourth-order valence-corrected chi connectivity index (χ4v) is 13.3. The van der Waals surface area contributed by atoms with E-state index in [1.807, 2.05) is 6.08 Å². The Morgan fingerprint density at radius 2 is 0.680 bits per heavy atom. The molecule has 19 heteroatoms. The predicted molar refractivity (Wildman–Crippen MR) is 383 cm³/mol. The van der Waals surface area contributed by atoms with Gasteiger partial charge < -0.3 is 89.9 Å². The van der Waals surface area contributed by atoms with Crippen molar-refractivity contribution in [1.29, 1.82) is 0 Å². The number of carbonyl (C=O) groups excluding carboxylic acids is 1. The number of hydrogen-bond donors (Lipinski definition) is 12. The molecular weight excluding hydrogens is 1240 g/mol. The van der Waals surface area contributed by atoms with Gasteiger partial charge in [0.2, 0.25) is 5.91 Å². The van der Waals surface area contributed by atoms with Gasteiger partial charge in [-0.3, -0.25) is 4.79 Å². The summed E-state index contributed by atoms with van der Waals surface area (Å²) in [5.74, 6) is -0.271. The molecule has 0 aliphatic carbocycles. The number of unbranched alkanes of at least 4 members (excludes halogenated alkanes) is 40. The van der Waals surface area contributed by atoms with Gasteiger partial charge in [-0.25, -0.2) is 0 Å². The second-order valence-corrected chi connectivity index (χ2v) is 28.2. The first-order valence-corrected chi connectivity index (χ1v) is 39.4. The van der Waals surface area contributed by atoms with Crippen LogP contribution in [0.25, 0.3) is 0 Å². The number of aliphatic hydroxyl groups excluding tert-OH is 11. The first-order valence-electron chi connectivity index (χ1n) is 39.4. The topological polar surface area (TPSA) is 307 Å². The Kier molecular flexibility index (Phi) is 54.3. The van der Waals surface area contributed by atoms with Crippen LogP contribution < -0.4 is 5.32 Å². The zero-order chi connectivity index (χ0) is 70.4. The lowest BCUT2D eigenvalue weighted by Crippen LogP contribution is -2.66. The molecule has 97 heavy (non-hydrogen) atoms. The van der Waals surface area contributed by atoms with Crippen LogP contribution in [0.15, 0.2) is 48.6 Å². The van der Waals surface area contributed by atoms with E-state index in [1.165, 1.54) is 225 Å². The molecule has 0 saturated carbocycles. The van der Waals surface area contributed by atoms with Gasteiger partial charge >= 0.3 is 0 Å². The Morgan fingerprint density at radius 3 is 1.06 bits per heavy atom. The van der Waals surface area contributed by atoms with E-state index in [2.05, 4.69) is 55.6 Å². The van der Waals surface area contributed by atoms with Gasteiger partial charge in [0.15, 0.2) is 18.9 Å². The van der Waals surface area contributed by atoms with Crippen molar-refractivity contribution in [1.82, 2.24) is 5.32 Å². The van der Waals surface area contributed by atoms with Crippen molar-refractivity contribution in [3.8, 4) is 0 Å². The number of amides is 1. The molecule has 12 N–H and O–H groups in total. The molecule has 0 aromatic rings. The van der Waals surface area contributed by atoms with Crippen molar-refractivity contribution in [3.63, 3.8) is 0 Å². The van der Waals surface area contributed by atoms with E-state index in [-0.39, 0.29) is 18.9 Å². The minimum atomic E-state index is -1.98. The largest absolute Gasteiger partial charge is 0.394 e. The fourth-order valence-electron chi connectivity index (χ4n) is 13.3. The Hall–Kier alpha value is -2.25. The zero-order valence-electron chi connectivity index (χ0n) is 60.6. The summed E-state index contributed by atoms with van der Waals surface area (Å²) in [6, 6.07) is -0.973. The SMILES string of the molecule is CCCCCCC/C=C\C/C=C\C/C=C\CCCCCCCCCCCCCCCCCCCCCCC(=O)NC(COC1OC(CO)C(OC2OC(CO)C(OC3OC(CO)C(O)C(O)C3O)C(O)C2O)C(O)C1O)C(O)/C=C/CCCCCCCCCCCCCCCCC. The zero-order valence-corrected chi connectivity index (χ0v) is 60.6. The molecule has 3 saturated heterocycles. The maximum Gasteiger partial charge on any atom is 0.220 e. The normalized spacial score (nSPS) is 27.1. The van der Waals surface area contributed by atoms with E-state index in [4.69, 9.17) is 28.4 Å². The van der Waals surface area contributed by atoms with Crippen LogP contribution in [-0.4, -0.2) is 193 Å². The molecule has 0 aromatic heterocycles. The van der Waals surface area contributed by atoms with Gasteiger partial charge in [0.1, 0.15) is 73.2 Å². The second-order valence-electron chi connectivity index (χ2n) is 28.2. The Bertz CT molecular complexity index is 1940. The number of allylic oxidation sites excluding steroid dienone is 7. The number of hydrogen-bond acceptors (Lipinski definition) is 18. The summed E-state index contributed by atoms with van der Waals surface area (Å²) in [5.41, 5.74) is 0. The third-order valence-corrected chi connectivity index (χ3v) is 19.6. The van der Waals surface area contributed by atoms with Crippen LogP contribution >= 0.6 is 0 Å². The molecule has 0 radical (unpaired) electrons. The first kappa shape index (κ1) is 89.0. The maximum atomic E-state index is 13.5. The van der Waals surface area contributed by atoms with E-state index in [9.17, 15) is 61.0 Å². The summed E-state index contributed by atoms with van der Waals surface area (Å²) in [6.07, 6.45) is 46.7.